The lowest BCUT2D eigenvalue weighted by Crippen LogP contribution is -1.86. The van der Waals surface area contributed by atoms with Crippen molar-refractivity contribution in [2.75, 3.05) is 5.73 Å². The minimum Gasteiger partial charge on any atom is -0.399 e. The summed E-state index contributed by atoms with van der Waals surface area (Å²) < 4.78 is 0.763. The molecule has 0 saturated carbocycles. The van der Waals surface area contributed by atoms with E-state index in [1.807, 2.05) is 18.2 Å². The molecule has 0 radical (unpaired) electrons. The second kappa shape index (κ2) is 3.36. The van der Waals surface area contributed by atoms with Gasteiger partial charge in [-0.15, -0.1) is 11.3 Å². The van der Waals surface area contributed by atoms with Gasteiger partial charge in [0, 0.05) is 11.9 Å². The first-order valence-electron chi connectivity index (χ1n) is 3.73. The maximum Gasteiger partial charge on any atom is 0.0935 e. The molecule has 0 unspecified atom stereocenters. The lowest BCUT2D eigenvalue weighted by Gasteiger charge is -1.96. The number of hydrogen-bond acceptors (Lipinski definition) is 3. The molecule has 0 saturated heterocycles. The summed E-state index contributed by atoms with van der Waals surface area (Å²) in [7, 11) is 0. The van der Waals surface area contributed by atoms with Crippen LogP contribution in [0.5, 0.6) is 0 Å². The molecule has 13 heavy (non-hydrogen) atoms. The molecule has 0 amide bonds. The Bertz CT molecular complexity index is 425. The standard InChI is InChI=1S/C9H7ClN2S/c10-9-2-1-8(13-9)7-5-6(11)3-4-12-7/h1-5H,(H2,11,12). The quantitative estimate of drug-likeness (QED) is 0.786. The van der Waals surface area contributed by atoms with Crippen LogP contribution in [0.3, 0.4) is 0 Å². The molecule has 2 aromatic heterocycles. The predicted octanol–water partition coefficient (Wildman–Crippen LogP) is 3.05. The van der Waals surface area contributed by atoms with Crippen LogP contribution in [0.15, 0.2) is 30.5 Å². The number of aromatic nitrogens is 1. The Morgan fingerprint density at radius 3 is 2.77 bits per heavy atom. The van der Waals surface area contributed by atoms with Crippen LogP contribution in [-0.4, -0.2) is 4.98 Å². The Kier molecular flexibility index (Phi) is 2.20. The predicted molar refractivity (Wildman–Crippen MR) is 57.0 cm³/mol. The summed E-state index contributed by atoms with van der Waals surface area (Å²) in [5.74, 6) is 0. The monoisotopic (exact) mass is 210 g/mol. The van der Waals surface area contributed by atoms with Crippen molar-refractivity contribution in [1.29, 1.82) is 0 Å². The number of nitrogen functional groups attached to an aromatic ring is 1. The highest BCUT2D eigenvalue weighted by molar-refractivity contribution is 7.19. The van der Waals surface area contributed by atoms with Gasteiger partial charge in [0.05, 0.1) is 14.9 Å². The SMILES string of the molecule is Nc1ccnc(-c2ccc(Cl)s2)c1. The van der Waals surface area contributed by atoms with Gasteiger partial charge in [-0.2, -0.15) is 0 Å². The van der Waals surface area contributed by atoms with Crippen molar-refractivity contribution in [3.63, 3.8) is 0 Å². The Labute approximate surface area is 85.0 Å². The van der Waals surface area contributed by atoms with E-state index in [-0.39, 0.29) is 0 Å². The molecule has 0 aliphatic carbocycles. The summed E-state index contributed by atoms with van der Waals surface area (Å²) in [6, 6.07) is 7.39. The van der Waals surface area contributed by atoms with Crippen molar-refractivity contribution < 1.29 is 0 Å². The Balaban J connectivity index is 2.46. The molecule has 2 heterocycles. The lowest BCUT2D eigenvalue weighted by molar-refractivity contribution is 1.34. The number of thiophene rings is 1. The van der Waals surface area contributed by atoms with E-state index >= 15 is 0 Å². The van der Waals surface area contributed by atoms with Crippen LogP contribution in [0, 0.1) is 0 Å². The smallest absolute Gasteiger partial charge is 0.0935 e. The summed E-state index contributed by atoms with van der Waals surface area (Å²) >= 11 is 7.31. The summed E-state index contributed by atoms with van der Waals surface area (Å²) in [6.45, 7) is 0. The number of pyridine rings is 1. The topological polar surface area (TPSA) is 38.9 Å². The van der Waals surface area contributed by atoms with E-state index in [2.05, 4.69) is 4.98 Å². The van der Waals surface area contributed by atoms with Crippen LogP contribution in [0.1, 0.15) is 0 Å². The Hall–Kier alpha value is -1.06. The Morgan fingerprint density at radius 1 is 1.31 bits per heavy atom. The van der Waals surface area contributed by atoms with Gasteiger partial charge in [-0.1, -0.05) is 11.6 Å². The summed E-state index contributed by atoms with van der Waals surface area (Å²) in [4.78, 5) is 5.23. The Morgan fingerprint density at radius 2 is 2.15 bits per heavy atom. The van der Waals surface area contributed by atoms with Crippen LogP contribution in [0.25, 0.3) is 10.6 Å². The average Bonchev–Trinajstić information content (AvgIpc) is 2.52. The summed E-state index contributed by atoms with van der Waals surface area (Å²) in [6.07, 6.45) is 1.69. The minimum atomic E-state index is 0.717. The van der Waals surface area contributed by atoms with E-state index in [0.29, 0.717) is 0 Å². The van der Waals surface area contributed by atoms with E-state index in [1.54, 1.807) is 12.3 Å². The first kappa shape index (κ1) is 8.53. The van der Waals surface area contributed by atoms with Gasteiger partial charge in [0.15, 0.2) is 0 Å². The van der Waals surface area contributed by atoms with E-state index in [9.17, 15) is 0 Å². The third-order valence-electron chi connectivity index (χ3n) is 1.61. The molecule has 66 valence electrons. The zero-order valence-electron chi connectivity index (χ0n) is 6.70. The van der Waals surface area contributed by atoms with E-state index in [0.717, 1.165) is 20.6 Å². The van der Waals surface area contributed by atoms with Gasteiger partial charge >= 0.3 is 0 Å². The van der Waals surface area contributed by atoms with Crippen molar-refractivity contribution in [2.45, 2.75) is 0 Å². The molecule has 0 fully saturated rings. The number of nitrogens with two attached hydrogens (primary N) is 1. The molecule has 0 aromatic carbocycles. The third-order valence-corrected chi connectivity index (χ3v) is 2.86. The molecule has 2 aromatic rings. The molecular weight excluding hydrogens is 204 g/mol. The molecule has 4 heteroatoms. The van der Waals surface area contributed by atoms with Gasteiger partial charge < -0.3 is 5.73 Å². The fourth-order valence-electron chi connectivity index (χ4n) is 1.03. The average molecular weight is 211 g/mol. The lowest BCUT2D eigenvalue weighted by atomic mass is 10.3. The largest absolute Gasteiger partial charge is 0.399 e. The maximum absolute atomic E-state index is 5.81. The molecule has 2 nitrogen and oxygen atoms in total. The van der Waals surface area contributed by atoms with Crippen LogP contribution in [0.4, 0.5) is 5.69 Å². The van der Waals surface area contributed by atoms with E-state index in [1.165, 1.54) is 11.3 Å². The molecule has 2 N–H and O–H groups in total. The molecule has 0 bridgehead atoms. The van der Waals surface area contributed by atoms with Crippen molar-refractivity contribution in [1.82, 2.24) is 4.98 Å². The van der Waals surface area contributed by atoms with Crippen molar-refractivity contribution >= 4 is 28.6 Å². The van der Waals surface area contributed by atoms with Crippen molar-refractivity contribution in [3.05, 3.63) is 34.8 Å². The van der Waals surface area contributed by atoms with Crippen LogP contribution < -0.4 is 5.73 Å². The highest BCUT2D eigenvalue weighted by atomic mass is 35.5. The first-order chi connectivity index (χ1) is 6.25. The summed E-state index contributed by atoms with van der Waals surface area (Å²) in [5.41, 5.74) is 7.22. The zero-order chi connectivity index (χ0) is 9.26. The van der Waals surface area contributed by atoms with Crippen LogP contribution in [-0.2, 0) is 0 Å². The fourth-order valence-corrected chi connectivity index (χ4v) is 2.04. The van der Waals surface area contributed by atoms with Gasteiger partial charge in [0.25, 0.3) is 0 Å². The highest BCUT2D eigenvalue weighted by Crippen LogP contribution is 2.30. The number of rotatable bonds is 1. The highest BCUT2D eigenvalue weighted by Gasteiger charge is 2.02. The van der Waals surface area contributed by atoms with Crippen molar-refractivity contribution in [3.8, 4) is 10.6 Å². The normalized spacial score (nSPS) is 10.2. The molecule has 0 spiro atoms. The zero-order valence-corrected chi connectivity index (χ0v) is 8.27. The number of anilines is 1. The molecule has 2 rings (SSSR count). The number of halogens is 1. The third kappa shape index (κ3) is 1.82. The molecular formula is C9H7ClN2S. The second-order valence-electron chi connectivity index (χ2n) is 2.58. The van der Waals surface area contributed by atoms with Crippen LogP contribution >= 0.6 is 22.9 Å². The minimum absolute atomic E-state index is 0.717. The number of nitrogens with zero attached hydrogens (tertiary/aromatic N) is 1. The molecule has 0 atom stereocenters. The molecule has 0 aliphatic rings. The van der Waals surface area contributed by atoms with Crippen molar-refractivity contribution in [2.24, 2.45) is 0 Å². The summed E-state index contributed by atoms with van der Waals surface area (Å²) in [5, 5.41) is 0. The van der Waals surface area contributed by atoms with Gasteiger partial charge in [0.2, 0.25) is 0 Å². The van der Waals surface area contributed by atoms with Gasteiger partial charge in [-0.05, 0) is 24.3 Å². The van der Waals surface area contributed by atoms with Gasteiger partial charge in [-0.3, -0.25) is 4.98 Å². The number of hydrogen-bond donors (Lipinski definition) is 1. The van der Waals surface area contributed by atoms with E-state index in [4.69, 9.17) is 17.3 Å². The van der Waals surface area contributed by atoms with E-state index < -0.39 is 0 Å². The second-order valence-corrected chi connectivity index (χ2v) is 4.29. The first-order valence-corrected chi connectivity index (χ1v) is 4.92. The van der Waals surface area contributed by atoms with Gasteiger partial charge in [0.1, 0.15) is 0 Å². The van der Waals surface area contributed by atoms with Gasteiger partial charge in [-0.25, -0.2) is 0 Å². The maximum atomic E-state index is 5.81. The molecule has 0 aliphatic heterocycles. The van der Waals surface area contributed by atoms with Crippen LogP contribution in [0.2, 0.25) is 4.34 Å². The fraction of sp³-hybridized carbons (Fsp3) is 0.